The Balaban J connectivity index is 2.74. The first kappa shape index (κ1) is 10.2. The lowest BCUT2D eigenvalue weighted by Gasteiger charge is -2.02. The van der Waals surface area contributed by atoms with E-state index in [-0.39, 0.29) is 6.61 Å². The Morgan fingerprint density at radius 3 is 2.85 bits per heavy atom. The van der Waals surface area contributed by atoms with Gasteiger partial charge in [0.25, 0.3) is 0 Å². The van der Waals surface area contributed by atoms with Gasteiger partial charge in [0.2, 0.25) is 0 Å². The molecule has 3 heteroatoms. The van der Waals surface area contributed by atoms with E-state index in [1.54, 1.807) is 18.2 Å². The zero-order chi connectivity index (χ0) is 9.68. The fourth-order valence-electron chi connectivity index (χ4n) is 1.04. The maximum absolute atomic E-state index is 12.1. The van der Waals surface area contributed by atoms with Crippen molar-refractivity contribution in [1.29, 1.82) is 0 Å². The largest absolute Gasteiger partial charge is 0.392 e. The normalized spacial score (nSPS) is 11.8. The van der Waals surface area contributed by atoms with E-state index in [1.807, 2.05) is 6.07 Å². The predicted octanol–water partition coefficient (Wildman–Crippen LogP) is 2.73. The van der Waals surface area contributed by atoms with Crippen LogP contribution in [0.2, 0.25) is 5.02 Å². The van der Waals surface area contributed by atoms with Crippen molar-refractivity contribution >= 4 is 11.6 Å². The smallest absolute Gasteiger partial charge is 0.0885 e. The molecule has 0 spiro atoms. The van der Waals surface area contributed by atoms with Crippen LogP contribution in [0.4, 0.5) is 4.39 Å². The molecule has 0 saturated heterocycles. The van der Waals surface area contributed by atoms with Crippen LogP contribution < -0.4 is 0 Å². The van der Waals surface area contributed by atoms with E-state index in [0.29, 0.717) is 23.3 Å². The van der Waals surface area contributed by atoms with Crippen LogP contribution in [0, 0.1) is 0 Å². The van der Waals surface area contributed by atoms with Crippen molar-refractivity contribution in [3.8, 4) is 0 Å². The second kappa shape index (κ2) is 5.00. The molecule has 0 aliphatic rings. The van der Waals surface area contributed by atoms with Crippen LogP contribution in [0.5, 0.6) is 0 Å². The number of benzene rings is 1. The van der Waals surface area contributed by atoms with Gasteiger partial charge in [0, 0.05) is 5.02 Å². The van der Waals surface area contributed by atoms with Crippen LogP contribution >= 0.6 is 11.6 Å². The molecule has 0 fully saturated rings. The van der Waals surface area contributed by atoms with E-state index >= 15 is 0 Å². The van der Waals surface area contributed by atoms with Crippen molar-refractivity contribution in [2.24, 2.45) is 0 Å². The molecule has 0 bridgehead atoms. The zero-order valence-corrected chi connectivity index (χ0v) is 7.76. The summed E-state index contributed by atoms with van der Waals surface area (Å²) in [5, 5.41) is 9.33. The van der Waals surface area contributed by atoms with Crippen LogP contribution in [0.3, 0.4) is 0 Å². The lowest BCUT2D eigenvalue weighted by atomic mass is 10.1. The molecule has 1 N–H and O–H groups in total. The monoisotopic (exact) mass is 200 g/mol. The van der Waals surface area contributed by atoms with Crippen LogP contribution in [0.15, 0.2) is 36.2 Å². The number of aliphatic hydroxyl groups excluding tert-OH is 1. The minimum atomic E-state index is -0.261. The van der Waals surface area contributed by atoms with Gasteiger partial charge in [0.1, 0.15) is 0 Å². The summed E-state index contributed by atoms with van der Waals surface area (Å²) in [4.78, 5) is 0. The highest BCUT2D eigenvalue weighted by Gasteiger charge is 1.99. The van der Waals surface area contributed by atoms with Crippen molar-refractivity contribution in [2.75, 3.05) is 6.61 Å². The Kier molecular flexibility index (Phi) is 3.93. The second-order valence-corrected chi connectivity index (χ2v) is 3.17. The third-order valence-corrected chi connectivity index (χ3v) is 1.91. The van der Waals surface area contributed by atoms with Crippen LogP contribution in [-0.2, 0) is 6.42 Å². The molecule has 0 atom stereocenters. The summed E-state index contributed by atoms with van der Waals surface area (Å²) in [7, 11) is 0. The van der Waals surface area contributed by atoms with Crippen LogP contribution in [0.1, 0.15) is 5.56 Å². The number of aliphatic hydroxyl groups is 1. The lowest BCUT2D eigenvalue weighted by Crippen LogP contribution is -1.94. The SMILES string of the molecule is OCC(=CF)Cc1cccc(Cl)c1. The summed E-state index contributed by atoms with van der Waals surface area (Å²) >= 11 is 5.74. The molecular formula is C10H10ClFO. The number of halogens is 2. The Hall–Kier alpha value is -0.860. The lowest BCUT2D eigenvalue weighted by molar-refractivity contribution is 0.325. The third-order valence-electron chi connectivity index (χ3n) is 1.68. The molecular weight excluding hydrogens is 191 g/mol. The van der Waals surface area contributed by atoms with Gasteiger partial charge in [-0.3, -0.25) is 0 Å². The molecule has 0 aliphatic carbocycles. The Bertz CT molecular complexity index is 310. The van der Waals surface area contributed by atoms with Crippen LogP contribution in [-0.4, -0.2) is 11.7 Å². The molecule has 1 nitrogen and oxygen atoms in total. The molecule has 0 amide bonds. The van der Waals surface area contributed by atoms with Gasteiger partial charge in [-0.05, 0) is 29.7 Å². The molecule has 0 aromatic heterocycles. The molecule has 70 valence electrons. The molecule has 0 unspecified atom stereocenters. The molecule has 13 heavy (non-hydrogen) atoms. The molecule has 0 heterocycles. The van der Waals surface area contributed by atoms with Gasteiger partial charge >= 0.3 is 0 Å². The molecule has 1 rings (SSSR count). The number of hydrogen-bond acceptors (Lipinski definition) is 1. The highest BCUT2D eigenvalue weighted by molar-refractivity contribution is 6.30. The summed E-state index contributed by atoms with van der Waals surface area (Å²) < 4.78 is 12.1. The third kappa shape index (κ3) is 3.17. The van der Waals surface area contributed by atoms with Crippen LogP contribution in [0.25, 0.3) is 0 Å². The fraction of sp³-hybridized carbons (Fsp3) is 0.200. The van der Waals surface area contributed by atoms with Gasteiger partial charge in [-0.2, -0.15) is 0 Å². The minimum Gasteiger partial charge on any atom is -0.392 e. The molecule has 0 saturated carbocycles. The van der Waals surface area contributed by atoms with Crippen molar-refractivity contribution in [2.45, 2.75) is 6.42 Å². The summed E-state index contributed by atoms with van der Waals surface area (Å²) in [6.07, 6.45) is 0.828. The van der Waals surface area contributed by atoms with E-state index in [1.165, 1.54) is 0 Å². The quantitative estimate of drug-likeness (QED) is 0.796. The van der Waals surface area contributed by atoms with Gasteiger partial charge in [-0.1, -0.05) is 23.7 Å². The van der Waals surface area contributed by atoms with Gasteiger partial charge in [0.15, 0.2) is 0 Å². The van der Waals surface area contributed by atoms with Gasteiger partial charge in [-0.25, -0.2) is 4.39 Å². The summed E-state index contributed by atoms with van der Waals surface area (Å²) in [5.74, 6) is 0. The van der Waals surface area contributed by atoms with Crippen molar-refractivity contribution < 1.29 is 9.50 Å². The fourth-order valence-corrected chi connectivity index (χ4v) is 1.25. The first-order chi connectivity index (χ1) is 6.26. The number of rotatable bonds is 3. The standard InChI is InChI=1S/C10H10ClFO/c11-10-3-1-2-8(5-10)4-9(6-12)7-13/h1-3,5-6,13H,4,7H2. The predicted molar refractivity (Wildman–Crippen MR) is 51.4 cm³/mol. The van der Waals surface area contributed by atoms with Gasteiger partial charge < -0.3 is 5.11 Å². The highest BCUT2D eigenvalue weighted by atomic mass is 35.5. The highest BCUT2D eigenvalue weighted by Crippen LogP contribution is 2.14. The van der Waals surface area contributed by atoms with E-state index in [9.17, 15) is 4.39 Å². The minimum absolute atomic E-state index is 0.261. The van der Waals surface area contributed by atoms with E-state index < -0.39 is 0 Å². The summed E-state index contributed by atoms with van der Waals surface area (Å²) in [6, 6.07) is 7.14. The van der Waals surface area contributed by atoms with Crippen molar-refractivity contribution in [3.63, 3.8) is 0 Å². The average molecular weight is 201 g/mol. The summed E-state index contributed by atoms with van der Waals surface area (Å²) in [5.41, 5.74) is 1.24. The second-order valence-electron chi connectivity index (χ2n) is 2.73. The van der Waals surface area contributed by atoms with Crippen molar-refractivity contribution in [3.05, 3.63) is 46.8 Å². The Morgan fingerprint density at radius 2 is 2.31 bits per heavy atom. The molecule has 0 aliphatic heterocycles. The van der Waals surface area contributed by atoms with Gasteiger partial charge in [0.05, 0.1) is 12.9 Å². The van der Waals surface area contributed by atoms with Gasteiger partial charge in [-0.15, -0.1) is 0 Å². The first-order valence-corrected chi connectivity index (χ1v) is 4.27. The first-order valence-electron chi connectivity index (χ1n) is 3.89. The molecule has 1 aromatic rings. The van der Waals surface area contributed by atoms with E-state index in [2.05, 4.69) is 0 Å². The molecule has 0 radical (unpaired) electrons. The topological polar surface area (TPSA) is 20.2 Å². The maximum Gasteiger partial charge on any atom is 0.0885 e. The molecule has 1 aromatic carbocycles. The maximum atomic E-state index is 12.1. The zero-order valence-electron chi connectivity index (χ0n) is 7.00. The average Bonchev–Trinajstić information content (AvgIpc) is 2.14. The van der Waals surface area contributed by atoms with E-state index in [4.69, 9.17) is 16.7 Å². The number of hydrogen-bond donors (Lipinski definition) is 1. The van der Waals surface area contributed by atoms with Crippen molar-refractivity contribution in [1.82, 2.24) is 0 Å². The van der Waals surface area contributed by atoms with E-state index in [0.717, 1.165) is 5.56 Å². The Morgan fingerprint density at radius 1 is 1.54 bits per heavy atom. The summed E-state index contributed by atoms with van der Waals surface area (Å²) in [6.45, 7) is -0.261. The Labute approximate surface area is 81.5 Å².